The molecule has 0 saturated heterocycles. The van der Waals surface area contributed by atoms with Crippen molar-refractivity contribution >= 4 is 10.0 Å². The van der Waals surface area contributed by atoms with Crippen molar-refractivity contribution in [3.8, 4) is 0 Å². The van der Waals surface area contributed by atoms with Crippen LogP contribution in [0.5, 0.6) is 0 Å². The lowest BCUT2D eigenvalue weighted by molar-refractivity contribution is 0.342. The quantitative estimate of drug-likeness (QED) is 0.698. The number of nitrogens with one attached hydrogen (secondary N) is 1. The van der Waals surface area contributed by atoms with Gasteiger partial charge in [-0.15, -0.1) is 0 Å². The molecule has 116 valence electrons. The number of nitrogens with zero attached hydrogens (tertiary/aromatic N) is 3. The standard InChI is InChI=1S/C13H26N4O2S/c1-5-12(4)17(7-3)20(18,19)13-10-15-16(11-13)9-8-14-6-2/h10-12,14H,5-9H2,1-4H3. The molecule has 1 heterocycles. The fourth-order valence-corrected chi connectivity index (χ4v) is 3.70. The maximum absolute atomic E-state index is 12.6. The Morgan fingerprint density at radius 3 is 2.65 bits per heavy atom. The van der Waals surface area contributed by atoms with Crippen LogP contribution in [0.3, 0.4) is 0 Å². The molecule has 20 heavy (non-hydrogen) atoms. The van der Waals surface area contributed by atoms with E-state index in [1.165, 1.54) is 10.5 Å². The van der Waals surface area contributed by atoms with Crippen molar-refractivity contribution in [2.45, 2.75) is 51.6 Å². The average molecular weight is 302 g/mol. The fraction of sp³-hybridized carbons (Fsp3) is 0.769. The van der Waals surface area contributed by atoms with Gasteiger partial charge in [-0.05, 0) is 19.9 Å². The highest BCUT2D eigenvalue weighted by atomic mass is 32.2. The highest BCUT2D eigenvalue weighted by Crippen LogP contribution is 2.18. The van der Waals surface area contributed by atoms with Gasteiger partial charge in [-0.2, -0.15) is 9.40 Å². The summed E-state index contributed by atoms with van der Waals surface area (Å²) in [5.74, 6) is 0. The maximum Gasteiger partial charge on any atom is 0.246 e. The zero-order chi connectivity index (χ0) is 15.2. The van der Waals surface area contributed by atoms with Crippen LogP contribution in [0, 0.1) is 0 Å². The molecule has 0 aliphatic carbocycles. The molecule has 0 spiro atoms. The van der Waals surface area contributed by atoms with Gasteiger partial charge >= 0.3 is 0 Å². The van der Waals surface area contributed by atoms with E-state index in [0.29, 0.717) is 13.1 Å². The van der Waals surface area contributed by atoms with Crippen LogP contribution in [0.1, 0.15) is 34.1 Å². The van der Waals surface area contributed by atoms with Crippen LogP contribution in [0.25, 0.3) is 0 Å². The van der Waals surface area contributed by atoms with Gasteiger partial charge in [-0.3, -0.25) is 4.68 Å². The van der Waals surface area contributed by atoms with Crippen molar-refractivity contribution in [1.82, 2.24) is 19.4 Å². The smallest absolute Gasteiger partial charge is 0.246 e. The molecule has 6 nitrogen and oxygen atoms in total. The molecule has 0 amide bonds. The van der Waals surface area contributed by atoms with Crippen molar-refractivity contribution < 1.29 is 8.42 Å². The predicted octanol–water partition coefficient (Wildman–Crippen LogP) is 1.30. The van der Waals surface area contributed by atoms with E-state index in [1.54, 1.807) is 10.9 Å². The molecule has 1 rings (SSSR count). The van der Waals surface area contributed by atoms with E-state index in [0.717, 1.165) is 19.5 Å². The van der Waals surface area contributed by atoms with Crippen molar-refractivity contribution in [3.05, 3.63) is 12.4 Å². The lowest BCUT2D eigenvalue weighted by Crippen LogP contribution is -2.37. The molecule has 1 aromatic heterocycles. The van der Waals surface area contributed by atoms with Crippen molar-refractivity contribution in [3.63, 3.8) is 0 Å². The fourth-order valence-electron chi connectivity index (χ4n) is 2.03. The van der Waals surface area contributed by atoms with Crippen LogP contribution >= 0.6 is 0 Å². The van der Waals surface area contributed by atoms with Gasteiger partial charge in [0.1, 0.15) is 4.90 Å². The lowest BCUT2D eigenvalue weighted by atomic mass is 10.3. The van der Waals surface area contributed by atoms with Gasteiger partial charge < -0.3 is 5.32 Å². The summed E-state index contributed by atoms with van der Waals surface area (Å²) in [4.78, 5) is 0.274. The van der Waals surface area contributed by atoms with Gasteiger partial charge in [0.2, 0.25) is 10.0 Å². The van der Waals surface area contributed by atoms with Gasteiger partial charge in [0.25, 0.3) is 0 Å². The van der Waals surface area contributed by atoms with Gasteiger partial charge in [0.05, 0.1) is 12.7 Å². The molecule has 0 bridgehead atoms. The summed E-state index contributed by atoms with van der Waals surface area (Å²) in [5, 5.41) is 7.31. The average Bonchev–Trinajstić information content (AvgIpc) is 2.89. The summed E-state index contributed by atoms with van der Waals surface area (Å²) < 4.78 is 28.3. The summed E-state index contributed by atoms with van der Waals surface area (Å²) in [6.45, 7) is 10.6. The molecule has 1 N–H and O–H groups in total. The number of sulfonamides is 1. The molecule has 0 aromatic carbocycles. The largest absolute Gasteiger partial charge is 0.315 e. The molecule has 7 heteroatoms. The van der Waals surface area contributed by atoms with Gasteiger partial charge in [-0.25, -0.2) is 8.42 Å². The van der Waals surface area contributed by atoms with E-state index < -0.39 is 10.0 Å². The molecule has 1 atom stereocenters. The number of likely N-dealkylation sites (N-methyl/N-ethyl adjacent to an activating group) is 1. The van der Waals surface area contributed by atoms with E-state index in [9.17, 15) is 8.42 Å². The summed E-state index contributed by atoms with van der Waals surface area (Å²) in [6, 6.07) is -0.00453. The van der Waals surface area contributed by atoms with E-state index in [1.807, 2.05) is 27.7 Å². The summed E-state index contributed by atoms with van der Waals surface area (Å²) in [5.41, 5.74) is 0. The molecular formula is C13H26N4O2S. The van der Waals surface area contributed by atoms with Crippen LogP contribution in [0.2, 0.25) is 0 Å². The highest BCUT2D eigenvalue weighted by Gasteiger charge is 2.27. The van der Waals surface area contributed by atoms with Crippen LogP contribution in [-0.4, -0.2) is 48.2 Å². The maximum atomic E-state index is 12.6. The Bertz CT molecular complexity index is 498. The molecule has 0 aliphatic rings. The summed E-state index contributed by atoms with van der Waals surface area (Å²) >= 11 is 0. The summed E-state index contributed by atoms with van der Waals surface area (Å²) in [6.07, 6.45) is 3.84. The zero-order valence-electron chi connectivity index (χ0n) is 12.8. The van der Waals surface area contributed by atoms with Crippen LogP contribution in [0.15, 0.2) is 17.3 Å². The van der Waals surface area contributed by atoms with E-state index in [2.05, 4.69) is 10.4 Å². The third-order valence-electron chi connectivity index (χ3n) is 3.38. The molecule has 0 aliphatic heterocycles. The molecule has 1 aromatic rings. The summed E-state index contributed by atoms with van der Waals surface area (Å²) in [7, 11) is -3.44. The number of rotatable bonds is 9. The van der Waals surface area contributed by atoms with Crippen molar-refractivity contribution in [2.24, 2.45) is 0 Å². The SMILES string of the molecule is CCNCCn1cc(S(=O)(=O)N(CC)C(C)CC)cn1. The Kier molecular flexibility index (Phi) is 6.64. The second kappa shape index (κ2) is 7.75. The third-order valence-corrected chi connectivity index (χ3v) is 5.42. The van der Waals surface area contributed by atoms with Crippen LogP contribution < -0.4 is 5.32 Å². The normalized spacial score (nSPS) is 13.8. The first-order chi connectivity index (χ1) is 9.47. The molecular weight excluding hydrogens is 276 g/mol. The number of hydrogen-bond acceptors (Lipinski definition) is 4. The van der Waals surface area contributed by atoms with E-state index >= 15 is 0 Å². The van der Waals surface area contributed by atoms with Crippen molar-refractivity contribution in [2.75, 3.05) is 19.6 Å². The first-order valence-corrected chi connectivity index (χ1v) is 8.66. The Morgan fingerprint density at radius 1 is 1.40 bits per heavy atom. The minimum absolute atomic E-state index is 0.00453. The molecule has 0 saturated carbocycles. The zero-order valence-corrected chi connectivity index (χ0v) is 13.7. The Hall–Kier alpha value is -0.920. The first kappa shape index (κ1) is 17.1. The van der Waals surface area contributed by atoms with Gasteiger partial charge in [-0.1, -0.05) is 20.8 Å². The predicted molar refractivity (Wildman–Crippen MR) is 80.1 cm³/mol. The lowest BCUT2D eigenvalue weighted by Gasteiger charge is -2.25. The molecule has 0 fully saturated rings. The number of aromatic nitrogens is 2. The van der Waals surface area contributed by atoms with E-state index in [-0.39, 0.29) is 10.9 Å². The third kappa shape index (κ3) is 4.04. The Labute approximate surface area is 122 Å². The highest BCUT2D eigenvalue weighted by molar-refractivity contribution is 7.89. The van der Waals surface area contributed by atoms with E-state index in [4.69, 9.17) is 0 Å². The van der Waals surface area contributed by atoms with Crippen LogP contribution in [0.4, 0.5) is 0 Å². The van der Waals surface area contributed by atoms with Gasteiger partial charge in [0.15, 0.2) is 0 Å². The topological polar surface area (TPSA) is 67.2 Å². The van der Waals surface area contributed by atoms with Crippen molar-refractivity contribution in [1.29, 1.82) is 0 Å². The van der Waals surface area contributed by atoms with Gasteiger partial charge in [0, 0.05) is 25.3 Å². The minimum Gasteiger partial charge on any atom is -0.315 e. The minimum atomic E-state index is -3.44. The second-order valence-electron chi connectivity index (χ2n) is 4.76. The molecule has 1 unspecified atom stereocenters. The monoisotopic (exact) mass is 302 g/mol. The first-order valence-electron chi connectivity index (χ1n) is 7.22. The Morgan fingerprint density at radius 2 is 2.10 bits per heavy atom. The molecule has 0 radical (unpaired) electrons. The Balaban J connectivity index is 2.87. The number of hydrogen-bond donors (Lipinski definition) is 1. The second-order valence-corrected chi connectivity index (χ2v) is 6.65. The van der Waals surface area contributed by atoms with Crippen LogP contribution in [-0.2, 0) is 16.6 Å².